The summed E-state index contributed by atoms with van der Waals surface area (Å²) in [7, 11) is -4.01. The average molecular weight is 508 g/mol. The lowest BCUT2D eigenvalue weighted by molar-refractivity contribution is -0.138. The van der Waals surface area contributed by atoms with Crippen molar-refractivity contribution in [1.82, 2.24) is 20.7 Å². The smallest absolute Gasteiger partial charge is 0.323 e. The predicted molar refractivity (Wildman–Crippen MR) is 126 cm³/mol. The number of amides is 2. The van der Waals surface area contributed by atoms with Crippen molar-refractivity contribution in [1.29, 1.82) is 0 Å². The molecule has 0 fully saturated rings. The van der Waals surface area contributed by atoms with E-state index in [-0.39, 0.29) is 22.1 Å². The van der Waals surface area contributed by atoms with Crippen LogP contribution in [-0.4, -0.2) is 62.9 Å². The third-order valence-electron chi connectivity index (χ3n) is 4.83. The van der Waals surface area contributed by atoms with E-state index in [1.54, 1.807) is 29.6 Å². The Labute approximate surface area is 200 Å². The number of thiophene rings is 1. The van der Waals surface area contributed by atoms with Crippen LogP contribution in [0.3, 0.4) is 0 Å². The summed E-state index contributed by atoms with van der Waals surface area (Å²) in [6, 6.07) is 7.88. The molecular formula is C21H25N5O6S2. The zero-order valence-electron chi connectivity index (χ0n) is 18.1. The Morgan fingerprint density at radius 1 is 1.18 bits per heavy atom. The monoisotopic (exact) mass is 507 g/mol. The number of rotatable bonds is 10. The highest BCUT2D eigenvalue weighted by Gasteiger charge is 2.26. The molecule has 3 rings (SSSR count). The van der Waals surface area contributed by atoms with Crippen molar-refractivity contribution in [3.8, 4) is 0 Å². The molecule has 0 aliphatic carbocycles. The maximum absolute atomic E-state index is 12.4. The Hall–Kier alpha value is -3.29. The molecule has 1 aromatic heterocycles. The van der Waals surface area contributed by atoms with Crippen molar-refractivity contribution in [2.24, 2.45) is 4.99 Å². The molecule has 1 aromatic carbocycles. The molecule has 1 aliphatic rings. The molecule has 5 N–H and O–H groups in total. The van der Waals surface area contributed by atoms with Gasteiger partial charge in [-0.2, -0.15) is 4.72 Å². The van der Waals surface area contributed by atoms with Gasteiger partial charge in [-0.3, -0.25) is 24.7 Å². The van der Waals surface area contributed by atoms with Crippen LogP contribution in [0.4, 0.5) is 0 Å². The summed E-state index contributed by atoms with van der Waals surface area (Å²) in [4.78, 5) is 40.1. The highest BCUT2D eigenvalue weighted by atomic mass is 32.2. The molecular weight excluding hydrogens is 482 g/mol. The van der Waals surface area contributed by atoms with Crippen LogP contribution in [0.2, 0.25) is 0 Å². The third kappa shape index (κ3) is 7.37. The number of nitrogens with one attached hydrogen (secondary N) is 4. The van der Waals surface area contributed by atoms with Gasteiger partial charge in [-0.1, -0.05) is 18.2 Å². The number of guanidine groups is 1. The first-order valence-corrected chi connectivity index (χ1v) is 12.8. The normalized spacial score (nSPS) is 14.4. The number of benzene rings is 1. The zero-order valence-corrected chi connectivity index (χ0v) is 19.7. The summed E-state index contributed by atoms with van der Waals surface area (Å²) in [6.45, 7) is 1.02. The van der Waals surface area contributed by atoms with Gasteiger partial charge in [-0.25, -0.2) is 8.42 Å². The lowest BCUT2D eigenvalue weighted by Gasteiger charge is -2.15. The van der Waals surface area contributed by atoms with Crippen LogP contribution in [0.5, 0.6) is 0 Å². The van der Waals surface area contributed by atoms with Crippen molar-refractivity contribution in [3.63, 3.8) is 0 Å². The molecule has 13 heteroatoms. The molecule has 0 radical (unpaired) electrons. The molecule has 34 heavy (non-hydrogen) atoms. The van der Waals surface area contributed by atoms with Crippen LogP contribution in [0.15, 0.2) is 51.0 Å². The van der Waals surface area contributed by atoms with Gasteiger partial charge in [-0.15, -0.1) is 11.3 Å². The van der Waals surface area contributed by atoms with E-state index in [1.165, 1.54) is 12.1 Å². The van der Waals surface area contributed by atoms with Gasteiger partial charge in [0.2, 0.25) is 5.91 Å². The number of aryl methyl sites for hydroxylation is 1. The predicted octanol–water partition coefficient (Wildman–Crippen LogP) is 0.308. The van der Waals surface area contributed by atoms with E-state index in [0.29, 0.717) is 18.9 Å². The van der Waals surface area contributed by atoms with Crippen molar-refractivity contribution < 1.29 is 27.9 Å². The summed E-state index contributed by atoms with van der Waals surface area (Å²) in [5.74, 6) is -1.64. The molecule has 0 bridgehead atoms. The second kappa shape index (κ2) is 11.7. The van der Waals surface area contributed by atoms with Gasteiger partial charge in [0.25, 0.3) is 15.9 Å². The molecule has 1 aliphatic heterocycles. The molecule has 0 saturated heterocycles. The number of sulfonamides is 1. The summed E-state index contributed by atoms with van der Waals surface area (Å²) >= 11 is 0.956. The highest BCUT2D eigenvalue weighted by molar-refractivity contribution is 7.91. The standard InChI is InChI=1S/C21H25N5O6S2/c27-17(25-21-22-10-2-11-23-21)9-6-14-4-7-15(8-5-14)19(28)24-13-16(20(29)30)26-34(31,32)18-3-1-12-33-18/h1,3-5,7-8,12,16,26H,2,6,9-11,13H2,(H,24,28)(H,29,30)(H2,22,23,25,27)/t16-/m0/s1. The van der Waals surface area contributed by atoms with Gasteiger partial charge in [0.05, 0.1) is 0 Å². The van der Waals surface area contributed by atoms with Crippen LogP contribution in [0, 0.1) is 0 Å². The van der Waals surface area contributed by atoms with E-state index in [4.69, 9.17) is 0 Å². The number of nitrogens with zero attached hydrogens (tertiary/aromatic N) is 1. The van der Waals surface area contributed by atoms with Crippen molar-refractivity contribution in [3.05, 3.63) is 52.9 Å². The number of carbonyl (C=O) groups excluding carboxylic acids is 2. The average Bonchev–Trinajstić information content (AvgIpc) is 3.37. The van der Waals surface area contributed by atoms with Gasteiger partial charge in [0.15, 0.2) is 5.96 Å². The maximum Gasteiger partial charge on any atom is 0.323 e. The van der Waals surface area contributed by atoms with Gasteiger partial charge in [0, 0.05) is 31.6 Å². The quantitative estimate of drug-likeness (QED) is 0.308. The van der Waals surface area contributed by atoms with Gasteiger partial charge in [0.1, 0.15) is 10.3 Å². The fraction of sp³-hybridized carbons (Fsp3) is 0.333. The number of carboxylic acids is 1. The molecule has 0 unspecified atom stereocenters. The van der Waals surface area contributed by atoms with E-state index in [2.05, 4.69) is 25.7 Å². The fourth-order valence-corrected chi connectivity index (χ4v) is 5.23. The van der Waals surface area contributed by atoms with Crippen molar-refractivity contribution >= 4 is 45.1 Å². The summed E-state index contributed by atoms with van der Waals surface area (Å²) in [6.07, 6.45) is 1.64. The number of hydrogen-bond donors (Lipinski definition) is 5. The minimum Gasteiger partial charge on any atom is -0.480 e. The first-order valence-electron chi connectivity index (χ1n) is 10.5. The second-order valence-corrected chi connectivity index (χ2v) is 10.3. The highest BCUT2D eigenvalue weighted by Crippen LogP contribution is 2.15. The largest absolute Gasteiger partial charge is 0.480 e. The lowest BCUT2D eigenvalue weighted by atomic mass is 10.1. The van der Waals surface area contributed by atoms with Crippen LogP contribution < -0.4 is 20.7 Å². The van der Waals surface area contributed by atoms with E-state index in [1.807, 2.05) is 0 Å². The van der Waals surface area contributed by atoms with Crippen molar-refractivity contribution in [2.45, 2.75) is 29.5 Å². The van der Waals surface area contributed by atoms with Crippen LogP contribution in [0.25, 0.3) is 0 Å². The summed E-state index contributed by atoms with van der Waals surface area (Å²) in [5, 5.41) is 19.1. The Kier molecular flexibility index (Phi) is 8.73. The van der Waals surface area contributed by atoms with E-state index in [0.717, 1.165) is 29.9 Å². The Bertz CT molecular complexity index is 1150. The number of aliphatic imine (C=N–C) groups is 1. The summed E-state index contributed by atoms with van der Waals surface area (Å²) < 4.78 is 26.6. The maximum atomic E-state index is 12.4. The molecule has 11 nitrogen and oxygen atoms in total. The number of carbonyl (C=O) groups is 3. The number of aliphatic carboxylic acids is 1. The molecule has 2 heterocycles. The minimum atomic E-state index is -4.01. The topological polar surface area (TPSA) is 166 Å². The first-order chi connectivity index (χ1) is 16.2. The van der Waals surface area contributed by atoms with Crippen LogP contribution in [0.1, 0.15) is 28.8 Å². The summed E-state index contributed by atoms with van der Waals surface area (Å²) in [5.41, 5.74) is 1.12. The van der Waals surface area contributed by atoms with Crippen LogP contribution in [-0.2, 0) is 26.0 Å². The van der Waals surface area contributed by atoms with Gasteiger partial charge in [-0.05, 0) is 42.0 Å². The minimum absolute atomic E-state index is 0.0164. The first kappa shape index (κ1) is 25.3. The fourth-order valence-electron chi connectivity index (χ4n) is 3.03. The van der Waals surface area contributed by atoms with Gasteiger partial charge >= 0.3 is 5.97 Å². The number of carboxylic acid groups (broad SMARTS) is 1. The molecule has 0 spiro atoms. The van der Waals surface area contributed by atoms with Gasteiger partial charge < -0.3 is 15.7 Å². The molecule has 1 atom stereocenters. The third-order valence-corrected chi connectivity index (χ3v) is 7.70. The van der Waals surface area contributed by atoms with E-state index in [9.17, 15) is 27.9 Å². The molecule has 2 aromatic rings. The Morgan fingerprint density at radius 2 is 1.94 bits per heavy atom. The molecule has 182 valence electrons. The Morgan fingerprint density at radius 3 is 2.56 bits per heavy atom. The number of hydrogen-bond acceptors (Lipinski definition) is 8. The second-order valence-electron chi connectivity index (χ2n) is 7.41. The van der Waals surface area contributed by atoms with Crippen molar-refractivity contribution in [2.75, 3.05) is 19.6 Å². The lowest BCUT2D eigenvalue weighted by Crippen LogP contribution is -2.48. The van der Waals surface area contributed by atoms with Crippen LogP contribution >= 0.6 is 11.3 Å². The SMILES string of the molecule is O=C(CCc1ccc(C(=O)NC[C@H](NS(=O)(=O)c2cccs2)C(=O)O)cc1)NC1=NCCCN1. The molecule has 0 saturated carbocycles. The molecule has 2 amide bonds. The van der Waals surface area contributed by atoms with E-state index < -0.39 is 34.5 Å². The van der Waals surface area contributed by atoms with E-state index >= 15 is 0 Å². The zero-order chi connectivity index (χ0) is 24.6. The Balaban J connectivity index is 1.49.